The van der Waals surface area contributed by atoms with Crippen LogP contribution in [-0.2, 0) is 19.5 Å². The second-order valence-corrected chi connectivity index (χ2v) is 6.99. The molecule has 1 aromatic heterocycles. The fraction of sp³-hybridized carbons (Fsp3) is 0.333. The zero-order valence-electron chi connectivity index (χ0n) is 14.3. The standard InChI is InChI=1S/C21H23FN2/c1-15(16-7-9-17(22)10-8-16)13-24-20-6-4-3-5-18(20)19-14-23(2)12-11-21(19)24/h3-10,15H,11-14H2,1-2H3. The van der Waals surface area contributed by atoms with Gasteiger partial charge in [-0.1, -0.05) is 37.3 Å². The summed E-state index contributed by atoms with van der Waals surface area (Å²) >= 11 is 0. The molecule has 2 nitrogen and oxygen atoms in total. The van der Waals surface area contributed by atoms with Crippen molar-refractivity contribution in [3.05, 3.63) is 71.2 Å². The third-order valence-electron chi connectivity index (χ3n) is 5.25. The first-order valence-electron chi connectivity index (χ1n) is 8.66. The Morgan fingerprint density at radius 1 is 1.08 bits per heavy atom. The number of halogens is 1. The van der Waals surface area contributed by atoms with Crippen LogP contribution in [0.15, 0.2) is 48.5 Å². The Kier molecular flexibility index (Phi) is 3.89. The summed E-state index contributed by atoms with van der Waals surface area (Å²) in [7, 11) is 2.19. The normalized spacial score (nSPS) is 16.3. The first-order valence-corrected chi connectivity index (χ1v) is 8.66. The second kappa shape index (κ2) is 6.06. The molecular weight excluding hydrogens is 299 g/mol. The molecule has 1 aliphatic heterocycles. The van der Waals surface area contributed by atoms with Crippen LogP contribution >= 0.6 is 0 Å². The Bertz CT molecular complexity index is 863. The van der Waals surface area contributed by atoms with Gasteiger partial charge in [0.1, 0.15) is 5.82 Å². The lowest BCUT2D eigenvalue weighted by molar-refractivity contribution is 0.308. The van der Waals surface area contributed by atoms with E-state index in [-0.39, 0.29) is 5.82 Å². The average Bonchev–Trinajstić information content (AvgIpc) is 2.89. The highest BCUT2D eigenvalue weighted by atomic mass is 19.1. The minimum Gasteiger partial charge on any atom is -0.344 e. The van der Waals surface area contributed by atoms with E-state index in [0.717, 1.165) is 26.1 Å². The van der Waals surface area contributed by atoms with Gasteiger partial charge in [-0.15, -0.1) is 0 Å². The molecule has 2 heterocycles. The average molecular weight is 322 g/mol. The number of benzene rings is 2. The van der Waals surface area contributed by atoms with Gasteiger partial charge in [0.15, 0.2) is 0 Å². The Balaban J connectivity index is 1.75. The van der Waals surface area contributed by atoms with Gasteiger partial charge in [0.05, 0.1) is 0 Å². The number of hydrogen-bond donors (Lipinski definition) is 0. The summed E-state index contributed by atoms with van der Waals surface area (Å²) in [6.45, 7) is 5.29. The van der Waals surface area contributed by atoms with Crippen molar-refractivity contribution in [2.75, 3.05) is 13.6 Å². The molecule has 0 N–H and O–H groups in total. The number of nitrogens with zero attached hydrogens (tertiary/aromatic N) is 2. The van der Waals surface area contributed by atoms with E-state index >= 15 is 0 Å². The summed E-state index contributed by atoms with van der Waals surface area (Å²) < 4.78 is 15.7. The highest BCUT2D eigenvalue weighted by Crippen LogP contribution is 2.32. The van der Waals surface area contributed by atoms with Crippen LogP contribution in [0.2, 0.25) is 0 Å². The predicted octanol–water partition coefficient (Wildman–Crippen LogP) is 4.57. The van der Waals surface area contributed by atoms with Crippen molar-refractivity contribution in [2.24, 2.45) is 0 Å². The molecule has 1 unspecified atom stereocenters. The molecule has 24 heavy (non-hydrogen) atoms. The van der Waals surface area contributed by atoms with Crippen LogP contribution in [0.1, 0.15) is 29.7 Å². The molecule has 2 aromatic carbocycles. The van der Waals surface area contributed by atoms with Crippen molar-refractivity contribution in [1.29, 1.82) is 0 Å². The fourth-order valence-electron chi connectivity index (χ4n) is 3.92. The topological polar surface area (TPSA) is 8.17 Å². The summed E-state index contributed by atoms with van der Waals surface area (Å²) in [5, 5.41) is 1.38. The smallest absolute Gasteiger partial charge is 0.123 e. The maximum atomic E-state index is 13.2. The fourth-order valence-corrected chi connectivity index (χ4v) is 3.92. The van der Waals surface area contributed by atoms with Crippen molar-refractivity contribution in [1.82, 2.24) is 9.47 Å². The lowest BCUT2D eigenvalue weighted by Crippen LogP contribution is -2.27. The monoisotopic (exact) mass is 322 g/mol. The van der Waals surface area contributed by atoms with Gasteiger partial charge >= 0.3 is 0 Å². The van der Waals surface area contributed by atoms with Gasteiger partial charge in [0, 0.05) is 42.7 Å². The minimum absolute atomic E-state index is 0.169. The molecule has 1 atom stereocenters. The number of hydrogen-bond acceptors (Lipinski definition) is 1. The molecule has 0 bridgehead atoms. The van der Waals surface area contributed by atoms with Gasteiger partial charge in [-0.3, -0.25) is 0 Å². The molecule has 0 radical (unpaired) electrons. The van der Waals surface area contributed by atoms with Gasteiger partial charge in [-0.05, 0) is 42.3 Å². The van der Waals surface area contributed by atoms with Crippen LogP contribution in [0, 0.1) is 5.82 Å². The van der Waals surface area contributed by atoms with Crippen LogP contribution in [0.4, 0.5) is 4.39 Å². The van der Waals surface area contributed by atoms with Crippen LogP contribution in [0.3, 0.4) is 0 Å². The van der Waals surface area contributed by atoms with E-state index < -0.39 is 0 Å². The van der Waals surface area contributed by atoms with Crippen LogP contribution in [0.25, 0.3) is 10.9 Å². The van der Waals surface area contributed by atoms with Crippen molar-refractivity contribution < 1.29 is 4.39 Å². The summed E-state index contributed by atoms with van der Waals surface area (Å²) in [6.07, 6.45) is 1.09. The molecule has 4 rings (SSSR count). The third kappa shape index (κ3) is 2.63. The first-order chi connectivity index (χ1) is 11.6. The van der Waals surface area contributed by atoms with E-state index in [1.54, 1.807) is 12.1 Å². The van der Waals surface area contributed by atoms with E-state index in [2.05, 4.69) is 47.7 Å². The van der Waals surface area contributed by atoms with Crippen molar-refractivity contribution in [3.8, 4) is 0 Å². The third-order valence-corrected chi connectivity index (χ3v) is 5.25. The highest BCUT2D eigenvalue weighted by molar-refractivity contribution is 5.85. The molecule has 0 amide bonds. The summed E-state index contributed by atoms with van der Waals surface area (Å²) in [6, 6.07) is 15.7. The first kappa shape index (κ1) is 15.4. The Morgan fingerprint density at radius 3 is 2.62 bits per heavy atom. The number of rotatable bonds is 3. The number of fused-ring (bicyclic) bond motifs is 3. The van der Waals surface area contributed by atoms with Crippen molar-refractivity contribution in [2.45, 2.75) is 32.4 Å². The van der Waals surface area contributed by atoms with Crippen molar-refractivity contribution >= 4 is 10.9 Å². The Hall–Kier alpha value is -2.13. The van der Waals surface area contributed by atoms with Gasteiger partial charge in [-0.25, -0.2) is 4.39 Å². The predicted molar refractivity (Wildman–Crippen MR) is 96.8 cm³/mol. The molecule has 3 aromatic rings. The molecule has 0 spiro atoms. The maximum Gasteiger partial charge on any atom is 0.123 e. The molecule has 0 fully saturated rings. The quantitative estimate of drug-likeness (QED) is 0.685. The zero-order chi connectivity index (χ0) is 16.7. The van der Waals surface area contributed by atoms with E-state index in [1.165, 1.54) is 27.7 Å². The van der Waals surface area contributed by atoms with E-state index in [1.807, 2.05) is 12.1 Å². The number of likely N-dealkylation sites (N-methyl/N-ethyl adjacent to an activating group) is 1. The lowest BCUT2D eigenvalue weighted by atomic mass is 10.0. The van der Waals surface area contributed by atoms with Gasteiger partial charge in [-0.2, -0.15) is 0 Å². The van der Waals surface area contributed by atoms with Gasteiger partial charge in [0.2, 0.25) is 0 Å². The van der Waals surface area contributed by atoms with Crippen LogP contribution in [-0.4, -0.2) is 23.1 Å². The summed E-state index contributed by atoms with van der Waals surface area (Å²) in [5.41, 5.74) is 5.47. The summed E-state index contributed by atoms with van der Waals surface area (Å²) in [5.74, 6) is 0.183. The molecule has 1 aliphatic rings. The van der Waals surface area contributed by atoms with E-state index in [4.69, 9.17) is 0 Å². The highest BCUT2D eigenvalue weighted by Gasteiger charge is 2.23. The molecule has 0 saturated carbocycles. The number of para-hydroxylation sites is 1. The molecular formula is C21H23FN2. The molecule has 124 valence electrons. The van der Waals surface area contributed by atoms with Crippen LogP contribution in [0.5, 0.6) is 0 Å². The lowest BCUT2D eigenvalue weighted by Gasteiger charge is -2.25. The van der Waals surface area contributed by atoms with Crippen LogP contribution < -0.4 is 0 Å². The second-order valence-electron chi connectivity index (χ2n) is 6.99. The Morgan fingerprint density at radius 2 is 1.83 bits per heavy atom. The van der Waals surface area contributed by atoms with E-state index in [0.29, 0.717) is 5.92 Å². The SMILES string of the molecule is CC(Cn1c2c(c3ccccc31)CN(C)CC2)c1ccc(F)cc1. The van der Waals surface area contributed by atoms with E-state index in [9.17, 15) is 4.39 Å². The molecule has 0 saturated heterocycles. The Labute approximate surface area is 142 Å². The van der Waals surface area contributed by atoms with Gasteiger partial charge in [0.25, 0.3) is 0 Å². The zero-order valence-corrected chi connectivity index (χ0v) is 14.3. The van der Waals surface area contributed by atoms with Gasteiger partial charge < -0.3 is 9.47 Å². The minimum atomic E-state index is -0.169. The molecule has 3 heteroatoms. The maximum absolute atomic E-state index is 13.2. The molecule has 0 aliphatic carbocycles. The van der Waals surface area contributed by atoms with Crippen molar-refractivity contribution in [3.63, 3.8) is 0 Å². The largest absolute Gasteiger partial charge is 0.344 e. The number of aromatic nitrogens is 1. The summed E-state index contributed by atoms with van der Waals surface area (Å²) in [4.78, 5) is 2.39.